The number of benzene rings is 1. The van der Waals surface area contributed by atoms with Gasteiger partial charge in [0.15, 0.2) is 11.3 Å². The van der Waals surface area contributed by atoms with Gasteiger partial charge >= 0.3 is 5.76 Å². The lowest BCUT2D eigenvalue weighted by atomic mass is 10.0. The SMILES string of the molecule is CC1CCCc2cc(C(=O)Nc3ccc4oc(=O)n(CC(=O)N5CCCCC5)c4c3)nn21. The first-order valence-electron chi connectivity index (χ1n) is 11.3. The largest absolute Gasteiger partial charge is 0.420 e. The molecule has 2 aliphatic heterocycles. The molecule has 32 heavy (non-hydrogen) atoms. The van der Waals surface area contributed by atoms with Crippen LogP contribution in [-0.2, 0) is 17.8 Å². The maximum Gasteiger partial charge on any atom is 0.420 e. The predicted molar refractivity (Wildman–Crippen MR) is 119 cm³/mol. The first-order valence-corrected chi connectivity index (χ1v) is 11.3. The number of aromatic nitrogens is 3. The van der Waals surface area contributed by atoms with Gasteiger partial charge in [-0.15, -0.1) is 0 Å². The summed E-state index contributed by atoms with van der Waals surface area (Å²) in [6.07, 6.45) is 6.17. The molecule has 1 aromatic carbocycles. The number of nitrogens with one attached hydrogen (secondary N) is 1. The second-order valence-corrected chi connectivity index (χ2v) is 8.74. The molecule has 1 atom stereocenters. The van der Waals surface area contributed by atoms with Crippen LogP contribution in [0.3, 0.4) is 0 Å². The zero-order valence-corrected chi connectivity index (χ0v) is 18.2. The lowest BCUT2D eigenvalue weighted by Gasteiger charge is -2.26. The molecule has 0 bridgehead atoms. The second-order valence-electron chi connectivity index (χ2n) is 8.74. The van der Waals surface area contributed by atoms with Crippen LogP contribution < -0.4 is 11.1 Å². The van der Waals surface area contributed by atoms with Crippen LogP contribution in [0, 0.1) is 0 Å². The van der Waals surface area contributed by atoms with Gasteiger partial charge in [0.1, 0.15) is 6.54 Å². The Kier molecular flexibility index (Phi) is 5.32. The Morgan fingerprint density at radius 2 is 1.97 bits per heavy atom. The molecule has 3 aromatic rings. The number of carbonyl (C=O) groups excluding carboxylic acids is 2. The number of rotatable bonds is 4. The van der Waals surface area contributed by atoms with E-state index in [1.807, 2.05) is 10.7 Å². The van der Waals surface area contributed by atoms with Gasteiger partial charge in [-0.3, -0.25) is 18.8 Å². The van der Waals surface area contributed by atoms with Crippen LogP contribution in [0.25, 0.3) is 11.1 Å². The normalized spacial score (nSPS) is 18.5. The van der Waals surface area contributed by atoms with Crippen molar-refractivity contribution in [2.75, 3.05) is 18.4 Å². The summed E-state index contributed by atoms with van der Waals surface area (Å²) in [5.74, 6) is -0.980. The van der Waals surface area contributed by atoms with Gasteiger partial charge < -0.3 is 14.6 Å². The third kappa shape index (κ3) is 3.83. The smallest absolute Gasteiger partial charge is 0.408 e. The highest BCUT2D eigenvalue weighted by molar-refractivity contribution is 6.03. The Morgan fingerprint density at radius 1 is 1.16 bits per heavy atom. The molecular weight excluding hydrogens is 410 g/mol. The number of amides is 2. The Labute approximate surface area is 185 Å². The number of oxazole rings is 1. The van der Waals surface area contributed by atoms with Gasteiger partial charge in [-0.2, -0.15) is 5.10 Å². The highest BCUT2D eigenvalue weighted by Crippen LogP contribution is 2.25. The van der Waals surface area contributed by atoms with Gasteiger partial charge in [0.2, 0.25) is 5.91 Å². The highest BCUT2D eigenvalue weighted by Gasteiger charge is 2.22. The Bertz CT molecular complexity index is 1230. The average Bonchev–Trinajstić information content (AvgIpc) is 3.37. The molecule has 5 rings (SSSR count). The Balaban J connectivity index is 1.37. The Morgan fingerprint density at radius 3 is 2.75 bits per heavy atom. The molecule has 0 aliphatic carbocycles. The highest BCUT2D eigenvalue weighted by atomic mass is 16.4. The molecule has 1 fully saturated rings. The predicted octanol–water partition coefficient (Wildman–Crippen LogP) is 2.95. The summed E-state index contributed by atoms with van der Waals surface area (Å²) in [6, 6.07) is 7.11. The van der Waals surface area contributed by atoms with Crippen molar-refractivity contribution in [3.8, 4) is 0 Å². The fourth-order valence-corrected chi connectivity index (χ4v) is 4.68. The van der Waals surface area contributed by atoms with Crippen LogP contribution in [0.1, 0.15) is 61.3 Å². The summed E-state index contributed by atoms with van der Waals surface area (Å²) in [5.41, 5.74) is 2.83. The van der Waals surface area contributed by atoms with Crippen molar-refractivity contribution in [1.82, 2.24) is 19.2 Å². The molecule has 4 heterocycles. The van der Waals surface area contributed by atoms with E-state index in [1.54, 1.807) is 23.1 Å². The lowest BCUT2D eigenvalue weighted by Crippen LogP contribution is -2.39. The summed E-state index contributed by atoms with van der Waals surface area (Å²) in [6.45, 7) is 3.47. The molecule has 9 heteroatoms. The minimum Gasteiger partial charge on any atom is -0.408 e. The molecule has 1 unspecified atom stereocenters. The van der Waals surface area contributed by atoms with Crippen molar-refractivity contribution in [2.45, 2.75) is 58.0 Å². The van der Waals surface area contributed by atoms with Crippen molar-refractivity contribution >= 4 is 28.6 Å². The van der Waals surface area contributed by atoms with Crippen LogP contribution >= 0.6 is 0 Å². The number of hydrogen-bond donors (Lipinski definition) is 1. The molecule has 2 aromatic heterocycles. The fourth-order valence-electron chi connectivity index (χ4n) is 4.68. The number of fused-ring (bicyclic) bond motifs is 2. The summed E-state index contributed by atoms with van der Waals surface area (Å²) < 4.78 is 8.57. The van der Waals surface area contributed by atoms with Crippen LogP contribution in [0.4, 0.5) is 5.69 Å². The monoisotopic (exact) mass is 437 g/mol. The van der Waals surface area contributed by atoms with Crippen molar-refractivity contribution in [3.63, 3.8) is 0 Å². The van der Waals surface area contributed by atoms with Crippen molar-refractivity contribution in [3.05, 3.63) is 46.2 Å². The maximum absolute atomic E-state index is 12.8. The van der Waals surface area contributed by atoms with Gasteiger partial charge in [0, 0.05) is 30.5 Å². The van der Waals surface area contributed by atoms with Gasteiger partial charge in [-0.1, -0.05) is 0 Å². The van der Waals surface area contributed by atoms with Gasteiger partial charge in [-0.25, -0.2) is 4.79 Å². The van der Waals surface area contributed by atoms with Crippen LogP contribution in [-0.4, -0.2) is 44.2 Å². The quantitative estimate of drug-likeness (QED) is 0.676. The first kappa shape index (κ1) is 20.5. The Hall–Kier alpha value is -3.36. The van der Waals surface area contributed by atoms with E-state index in [0.717, 1.165) is 57.3 Å². The molecule has 2 amide bonds. The van der Waals surface area contributed by atoms with Crippen LogP contribution in [0.5, 0.6) is 0 Å². The summed E-state index contributed by atoms with van der Waals surface area (Å²) in [4.78, 5) is 39.7. The van der Waals surface area contributed by atoms with E-state index in [9.17, 15) is 14.4 Å². The standard InChI is InChI=1S/C23H27N5O4/c1-15-6-5-7-17-13-18(25-28(15)17)22(30)24-16-8-9-20-19(12-16)27(23(31)32-20)14-21(29)26-10-3-2-4-11-26/h8-9,12-13,15H,2-7,10-11,14H2,1H3,(H,24,30). The number of hydrogen-bond acceptors (Lipinski definition) is 5. The zero-order chi connectivity index (χ0) is 22.2. The molecule has 1 N–H and O–H groups in total. The van der Waals surface area contributed by atoms with E-state index in [4.69, 9.17) is 4.42 Å². The minimum absolute atomic E-state index is 0.0745. The number of carbonyl (C=O) groups is 2. The molecule has 0 saturated carbocycles. The number of likely N-dealkylation sites (tertiary alicyclic amines) is 1. The second kappa shape index (κ2) is 8.29. The third-order valence-corrected chi connectivity index (χ3v) is 6.45. The van der Waals surface area contributed by atoms with Crippen LogP contribution in [0.15, 0.2) is 33.5 Å². The van der Waals surface area contributed by atoms with Crippen LogP contribution in [0.2, 0.25) is 0 Å². The molecule has 2 aliphatic rings. The van der Waals surface area contributed by atoms with Crippen molar-refractivity contribution < 1.29 is 14.0 Å². The van der Waals surface area contributed by atoms with E-state index in [0.29, 0.717) is 22.5 Å². The summed E-state index contributed by atoms with van der Waals surface area (Å²) >= 11 is 0. The van der Waals surface area contributed by atoms with Gasteiger partial charge in [-0.05, 0) is 69.7 Å². The molecule has 1 saturated heterocycles. The van der Waals surface area contributed by atoms with E-state index in [1.165, 1.54) is 4.57 Å². The van der Waals surface area contributed by atoms with Crippen molar-refractivity contribution in [1.29, 1.82) is 0 Å². The molecule has 9 nitrogen and oxygen atoms in total. The summed E-state index contributed by atoms with van der Waals surface area (Å²) in [7, 11) is 0. The zero-order valence-electron chi connectivity index (χ0n) is 18.2. The average molecular weight is 438 g/mol. The molecular formula is C23H27N5O4. The first-order chi connectivity index (χ1) is 15.5. The number of piperidine rings is 1. The molecule has 0 spiro atoms. The van der Waals surface area contributed by atoms with E-state index >= 15 is 0 Å². The minimum atomic E-state index is -0.579. The number of aryl methyl sites for hydroxylation is 1. The van der Waals surface area contributed by atoms with Crippen molar-refractivity contribution in [2.24, 2.45) is 0 Å². The van der Waals surface area contributed by atoms with E-state index in [2.05, 4.69) is 17.3 Å². The fraction of sp³-hybridized carbons (Fsp3) is 0.478. The van der Waals surface area contributed by atoms with E-state index in [-0.39, 0.29) is 24.4 Å². The summed E-state index contributed by atoms with van der Waals surface area (Å²) in [5, 5.41) is 7.34. The number of nitrogens with zero attached hydrogens (tertiary/aromatic N) is 4. The third-order valence-electron chi connectivity index (χ3n) is 6.45. The van der Waals surface area contributed by atoms with Gasteiger partial charge in [0.05, 0.1) is 5.52 Å². The maximum atomic E-state index is 12.8. The lowest BCUT2D eigenvalue weighted by molar-refractivity contribution is -0.132. The van der Waals surface area contributed by atoms with Gasteiger partial charge in [0.25, 0.3) is 5.91 Å². The topological polar surface area (TPSA) is 102 Å². The van der Waals surface area contributed by atoms with E-state index < -0.39 is 5.76 Å². The molecule has 168 valence electrons. The molecule has 0 radical (unpaired) electrons. The number of anilines is 1.